The molecule has 1 N–H and O–H groups in total. The lowest BCUT2D eigenvalue weighted by atomic mass is 10.1. The molecule has 3 saturated carbocycles. The van der Waals surface area contributed by atoms with E-state index < -0.39 is 12.0 Å². The van der Waals surface area contributed by atoms with Crippen LogP contribution in [0.5, 0.6) is 11.8 Å². The minimum absolute atomic E-state index is 0.0348. The van der Waals surface area contributed by atoms with Crippen LogP contribution in [0, 0.1) is 46.6 Å². The molecule has 0 spiro atoms. The van der Waals surface area contributed by atoms with E-state index in [1.807, 2.05) is 106 Å². The third-order valence-electron chi connectivity index (χ3n) is 13.4. The van der Waals surface area contributed by atoms with E-state index in [1.165, 1.54) is 37.1 Å². The summed E-state index contributed by atoms with van der Waals surface area (Å²) in [6.45, 7) is 14.8. The second-order valence-electron chi connectivity index (χ2n) is 19.9. The SMILES string of the molecule is Cc1cc(NC(C)c2ccc(-c3nc(C4CC4)no3)cc2)nc(F)n1.Cc1cc(OC(C)c2ccc(-n3cnc(C4CC4)c3)cc2)nc(C)n1.Cc1nc(F)c(C)c(OC(C)c2ccc(-n3cnc(C4CC4)c3)cc2)n1. The molecule has 390 valence electrons. The van der Waals surface area contributed by atoms with E-state index in [4.69, 9.17) is 14.0 Å². The number of anilines is 1. The van der Waals surface area contributed by atoms with Crippen molar-refractivity contribution in [3.63, 3.8) is 0 Å². The number of halogens is 2. The molecule has 3 aliphatic rings. The molecule has 6 aromatic heterocycles. The molecule has 76 heavy (non-hydrogen) atoms. The third-order valence-corrected chi connectivity index (χ3v) is 13.4. The first-order chi connectivity index (χ1) is 36.7. The van der Waals surface area contributed by atoms with Gasteiger partial charge in [0.1, 0.15) is 29.7 Å². The van der Waals surface area contributed by atoms with Crippen molar-refractivity contribution in [2.75, 3.05) is 5.32 Å². The minimum atomic E-state index is -0.729. The molecule has 0 amide bonds. The fourth-order valence-corrected chi connectivity index (χ4v) is 8.57. The van der Waals surface area contributed by atoms with Crippen LogP contribution in [-0.2, 0) is 0 Å². The van der Waals surface area contributed by atoms with Gasteiger partial charge < -0.3 is 28.4 Å². The van der Waals surface area contributed by atoms with Crippen molar-refractivity contribution in [1.29, 1.82) is 0 Å². The Morgan fingerprint density at radius 2 is 1.12 bits per heavy atom. The van der Waals surface area contributed by atoms with Gasteiger partial charge >= 0.3 is 6.08 Å². The summed E-state index contributed by atoms with van der Waals surface area (Å²) in [6, 6.07) is 27.9. The smallest absolute Gasteiger partial charge is 0.310 e. The van der Waals surface area contributed by atoms with Gasteiger partial charge in [-0.25, -0.2) is 24.9 Å². The fourth-order valence-electron chi connectivity index (χ4n) is 8.57. The summed E-state index contributed by atoms with van der Waals surface area (Å²) in [4.78, 5) is 37.4. The van der Waals surface area contributed by atoms with Gasteiger partial charge in [0.05, 0.1) is 29.6 Å². The second kappa shape index (κ2) is 22.3. The van der Waals surface area contributed by atoms with E-state index in [2.05, 4.69) is 96.6 Å². The molecule has 0 aliphatic heterocycles. The molecule has 12 rings (SSSR count). The minimum Gasteiger partial charge on any atom is -0.470 e. The van der Waals surface area contributed by atoms with Gasteiger partial charge in [-0.2, -0.15) is 28.7 Å². The Morgan fingerprint density at radius 1 is 0.579 bits per heavy atom. The zero-order chi connectivity index (χ0) is 53.0. The maximum atomic E-state index is 13.8. The molecule has 3 atom stereocenters. The molecular formula is C58H61F2N13O3. The van der Waals surface area contributed by atoms with Crippen LogP contribution in [0.3, 0.4) is 0 Å². The number of nitrogens with zero attached hydrogens (tertiary/aromatic N) is 12. The molecule has 16 nitrogen and oxygen atoms in total. The lowest BCUT2D eigenvalue weighted by Crippen LogP contribution is -2.09. The normalized spacial score (nSPS) is 15.1. The summed E-state index contributed by atoms with van der Waals surface area (Å²) < 4.78 is 48.4. The Labute approximate surface area is 440 Å². The van der Waals surface area contributed by atoms with Gasteiger partial charge in [-0.05, 0) is 147 Å². The summed E-state index contributed by atoms with van der Waals surface area (Å²) in [6.07, 6.45) is 14.3. The first kappa shape index (κ1) is 51.2. The van der Waals surface area contributed by atoms with Crippen molar-refractivity contribution >= 4 is 5.82 Å². The highest BCUT2D eigenvalue weighted by atomic mass is 19.1. The van der Waals surface area contributed by atoms with E-state index in [1.54, 1.807) is 26.8 Å². The van der Waals surface area contributed by atoms with Crippen molar-refractivity contribution in [3.8, 4) is 34.6 Å². The number of hydrogen-bond donors (Lipinski definition) is 1. The lowest BCUT2D eigenvalue weighted by Gasteiger charge is -2.16. The monoisotopic (exact) mass is 1030 g/mol. The number of imidazole rings is 2. The fraction of sp³-hybridized carbons (Fsp3) is 0.345. The molecule has 0 saturated heterocycles. The highest BCUT2D eigenvalue weighted by Gasteiger charge is 2.29. The molecule has 3 aromatic carbocycles. The lowest BCUT2D eigenvalue weighted by molar-refractivity contribution is 0.213. The molecule has 3 fully saturated rings. The third kappa shape index (κ3) is 13.0. The number of nitrogens with one attached hydrogen (secondary N) is 1. The van der Waals surface area contributed by atoms with Crippen LogP contribution in [-0.4, -0.2) is 59.1 Å². The van der Waals surface area contributed by atoms with Crippen molar-refractivity contribution in [2.45, 2.75) is 130 Å². The summed E-state index contributed by atoms with van der Waals surface area (Å²) in [5.41, 5.74) is 10.4. The Bertz CT molecular complexity index is 3230. The average molecular weight is 1030 g/mol. The molecule has 0 bridgehead atoms. The van der Waals surface area contributed by atoms with Crippen LogP contribution < -0.4 is 14.8 Å². The van der Waals surface area contributed by atoms with Crippen LogP contribution in [0.25, 0.3) is 22.8 Å². The van der Waals surface area contributed by atoms with Crippen molar-refractivity contribution in [2.24, 2.45) is 0 Å². The summed E-state index contributed by atoms with van der Waals surface area (Å²) in [5, 5.41) is 7.22. The van der Waals surface area contributed by atoms with Crippen LogP contribution in [0.4, 0.5) is 14.6 Å². The molecule has 0 radical (unpaired) electrons. The first-order valence-electron chi connectivity index (χ1n) is 25.8. The van der Waals surface area contributed by atoms with Gasteiger partial charge in [-0.3, -0.25) is 0 Å². The Kier molecular flexibility index (Phi) is 15.0. The van der Waals surface area contributed by atoms with Crippen LogP contribution >= 0.6 is 0 Å². The van der Waals surface area contributed by atoms with Crippen LogP contribution in [0.15, 0.2) is 115 Å². The molecule has 3 unspecified atom stereocenters. The molecule has 18 heteroatoms. The largest absolute Gasteiger partial charge is 0.470 e. The van der Waals surface area contributed by atoms with Gasteiger partial charge in [0.15, 0.2) is 5.82 Å². The quantitative estimate of drug-likeness (QED) is 0.0756. The number of aromatic nitrogens is 12. The van der Waals surface area contributed by atoms with Crippen LogP contribution in [0.1, 0.15) is 158 Å². The number of benzene rings is 3. The Hall–Kier alpha value is -8.28. The standard InChI is InChI=1S/C20H21FN4O.C20H22N4O.C18H18FN5O/c1-12-19(21)23-14(3)24-20(12)26-13(2)15-6-8-17(9-7-15)25-10-18(22-11-25)16-4-5-16;1-13-10-20(23-15(3)22-13)25-14(2)16-6-8-18(9-7-16)24-11-19(21-12-24)17-4-5-17;1-10-9-15(22-18(19)20-10)21-11(2)12-3-7-14(8-4-12)17-23-16(24-25-17)13-5-6-13/h6-11,13,16H,4-5H2,1-3H3;6-12,14,17H,4-5H2,1-3H3;3-4,7-9,11,13H,5-6H2,1-2H3,(H,20,21,22). The highest BCUT2D eigenvalue weighted by Crippen LogP contribution is 2.41. The number of hydrogen-bond acceptors (Lipinski definition) is 14. The Morgan fingerprint density at radius 3 is 1.67 bits per heavy atom. The van der Waals surface area contributed by atoms with Gasteiger partial charge in [0.25, 0.3) is 5.89 Å². The second-order valence-corrected chi connectivity index (χ2v) is 19.9. The van der Waals surface area contributed by atoms with Crippen molar-refractivity contribution in [3.05, 3.63) is 185 Å². The predicted molar refractivity (Wildman–Crippen MR) is 283 cm³/mol. The van der Waals surface area contributed by atoms with Crippen molar-refractivity contribution in [1.82, 2.24) is 59.1 Å². The molecule has 9 aromatic rings. The topological polar surface area (TPSA) is 182 Å². The van der Waals surface area contributed by atoms with E-state index in [-0.39, 0.29) is 24.1 Å². The van der Waals surface area contributed by atoms with Gasteiger partial charge in [-0.15, -0.1) is 0 Å². The van der Waals surface area contributed by atoms with Crippen LogP contribution in [0.2, 0.25) is 0 Å². The van der Waals surface area contributed by atoms with E-state index in [9.17, 15) is 8.78 Å². The highest BCUT2D eigenvalue weighted by molar-refractivity contribution is 5.54. The molecule has 3 aliphatic carbocycles. The average Bonchev–Trinajstić information content (AvgIpc) is 4.39. The molecule has 6 heterocycles. The van der Waals surface area contributed by atoms with E-state index in [0.717, 1.165) is 63.8 Å². The van der Waals surface area contributed by atoms with E-state index in [0.29, 0.717) is 52.4 Å². The maximum absolute atomic E-state index is 13.8. The summed E-state index contributed by atoms with van der Waals surface area (Å²) in [5.74, 6) is 5.05. The van der Waals surface area contributed by atoms with E-state index >= 15 is 0 Å². The van der Waals surface area contributed by atoms with Gasteiger partial charge in [-0.1, -0.05) is 41.6 Å². The van der Waals surface area contributed by atoms with Crippen molar-refractivity contribution < 1.29 is 22.8 Å². The molecular weight excluding hydrogens is 965 g/mol. The number of aryl methyl sites for hydroxylation is 4. The first-order valence-corrected chi connectivity index (χ1v) is 25.8. The summed E-state index contributed by atoms with van der Waals surface area (Å²) in [7, 11) is 0. The number of ether oxygens (including phenoxy) is 2. The number of rotatable bonds is 15. The zero-order valence-electron chi connectivity index (χ0n) is 43.9. The Balaban J connectivity index is 0.000000130. The predicted octanol–water partition coefficient (Wildman–Crippen LogP) is 12.8. The van der Waals surface area contributed by atoms with Gasteiger partial charge in [0.2, 0.25) is 17.7 Å². The van der Waals surface area contributed by atoms with Gasteiger partial charge in [0, 0.05) is 76.6 Å². The summed E-state index contributed by atoms with van der Waals surface area (Å²) >= 11 is 0. The zero-order valence-corrected chi connectivity index (χ0v) is 43.9. The maximum Gasteiger partial charge on any atom is 0.310 e.